The molecule has 37 heavy (non-hydrogen) atoms. The van der Waals surface area contributed by atoms with E-state index in [1.165, 1.54) is 6.07 Å². The first-order chi connectivity index (χ1) is 17.5. The summed E-state index contributed by atoms with van der Waals surface area (Å²) in [6, 6.07) is 6.47. The Morgan fingerprint density at radius 2 is 1.86 bits per heavy atom. The predicted octanol–water partition coefficient (Wildman–Crippen LogP) is 3.47. The zero-order chi connectivity index (χ0) is 27.0. The topological polar surface area (TPSA) is 121 Å². The van der Waals surface area contributed by atoms with Gasteiger partial charge in [0, 0.05) is 45.7 Å². The van der Waals surface area contributed by atoms with Gasteiger partial charge in [-0.3, -0.25) is 14.2 Å². The first-order valence-electron chi connectivity index (χ1n) is 12.1. The quantitative estimate of drug-likeness (QED) is 0.468. The minimum Gasteiger partial charge on any atom is -0.476 e. The summed E-state index contributed by atoms with van der Waals surface area (Å²) >= 11 is 5.90. The van der Waals surface area contributed by atoms with Crippen LogP contribution in [0.2, 0.25) is 5.15 Å². The van der Waals surface area contributed by atoms with Crippen LogP contribution >= 0.6 is 11.6 Å². The number of fused-ring (bicyclic) bond motifs is 1. The van der Waals surface area contributed by atoms with E-state index in [1.54, 1.807) is 36.7 Å². The zero-order valence-corrected chi connectivity index (χ0v) is 22.3. The molecule has 1 fully saturated rings. The van der Waals surface area contributed by atoms with Crippen molar-refractivity contribution < 1.29 is 14.7 Å². The van der Waals surface area contributed by atoms with Gasteiger partial charge in [0.25, 0.3) is 5.56 Å². The van der Waals surface area contributed by atoms with Gasteiger partial charge in [0.1, 0.15) is 5.15 Å². The molecule has 11 heteroatoms. The van der Waals surface area contributed by atoms with Gasteiger partial charge in [-0.05, 0) is 50.5 Å². The molecule has 2 N–H and O–H groups in total. The number of rotatable bonds is 6. The van der Waals surface area contributed by atoms with Crippen molar-refractivity contribution in [1.82, 2.24) is 19.4 Å². The first kappa shape index (κ1) is 26.4. The number of halogens is 1. The van der Waals surface area contributed by atoms with Crippen LogP contribution in [0.25, 0.3) is 10.9 Å². The Kier molecular flexibility index (Phi) is 7.40. The second-order valence-corrected chi connectivity index (χ2v) is 10.1. The molecule has 196 valence electrons. The average molecular weight is 527 g/mol. The fraction of sp³-hybridized carbons (Fsp3) is 0.423. The summed E-state index contributed by atoms with van der Waals surface area (Å²) < 4.78 is 1.56. The number of carbonyl (C=O) groups is 2. The SMILES string of the molecule is Cc1cc(C(C)Nc2ccc(Cl)nc2C(=O)O)c2nc(N3CCC(C(=O)N(C)C)CC3)n(C)c(=O)c2c1. The highest BCUT2D eigenvalue weighted by Crippen LogP contribution is 2.30. The number of hydrogen-bond acceptors (Lipinski definition) is 7. The molecule has 0 bridgehead atoms. The molecule has 1 aliphatic rings. The lowest BCUT2D eigenvalue weighted by molar-refractivity contribution is -0.133. The third kappa shape index (κ3) is 5.24. The van der Waals surface area contributed by atoms with Crippen LogP contribution in [0.3, 0.4) is 0 Å². The van der Waals surface area contributed by atoms with Crippen LogP contribution < -0.4 is 15.8 Å². The predicted molar refractivity (Wildman–Crippen MR) is 144 cm³/mol. The van der Waals surface area contributed by atoms with Crippen LogP contribution in [-0.4, -0.2) is 63.6 Å². The molecule has 2 aromatic heterocycles. The van der Waals surface area contributed by atoms with E-state index in [1.807, 2.05) is 30.9 Å². The molecular formula is C26H31ClN6O4. The Labute approximate surface area is 219 Å². The van der Waals surface area contributed by atoms with Crippen molar-refractivity contribution >= 4 is 46.0 Å². The van der Waals surface area contributed by atoms with Crippen molar-refractivity contribution in [2.75, 3.05) is 37.4 Å². The van der Waals surface area contributed by atoms with E-state index >= 15 is 0 Å². The number of carboxylic acids is 1. The Hall–Kier alpha value is -3.66. The van der Waals surface area contributed by atoms with Gasteiger partial charge < -0.3 is 20.2 Å². The largest absolute Gasteiger partial charge is 0.476 e. The van der Waals surface area contributed by atoms with Gasteiger partial charge >= 0.3 is 5.97 Å². The number of nitrogens with one attached hydrogen (secondary N) is 1. The summed E-state index contributed by atoms with van der Waals surface area (Å²) in [7, 11) is 5.24. The van der Waals surface area contributed by atoms with Crippen molar-refractivity contribution in [2.45, 2.75) is 32.7 Å². The number of amides is 1. The van der Waals surface area contributed by atoms with Gasteiger partial charge in [0.2, 0.25) is 11.9 Å². The normalized spacial score (nSPS) is 15.0. The molecule has 0 radical (unpaired) electrons. The Morgan fingerprint density at radius 3 is 2.49 bits per heavy atom. The van der Waals surface area contributed by atoms with Gasteiger partial charge in [0.05, 0.1) is 22.6 Å². The first-order valence-corrected chi connectivity index (χ1v) is 12.5. The van der Waals surface area contributed by atoms with E-state index in [0.717, 1.165) is 11.1 Å². The summed E-state index contributed by atoms with van der Waals surface area (Å²) in [5.41, 5.74) is 2.17. The maximum atomic E-state index is 13.4. The number of piperidine rings is 1. The van der Waals surface area contributed by atoms with Crippen LogP contribution in [0.1, 0.15) is 47.4 Å². The Morgan fingerprint density at radius 1 is 1.19 bits per heavy atom. The second-order valence-electron chi connectivity index (χ2n) is 9.72. The molecule has 1 atom stereocenters. The standard InChI is InChI=1S/C26H31ClN6O4/c1-14-12-17(15(2)28-19-6-7-20(27)29-22(19)25(36)37)21-18(13-14)24(35)32(5)26(30-21)33-10-8-16(9-11-33)23(34)31(3)4/h6-7,12-13,15-16,28H,8-11H2,1-5H3,(H,36,37). The van der Waals surface area contributed by atoms with Gasteiger partial charge in [-0.25, -0.2) is 14.8 Å². The molecule has 1 unspecified atom stereocenters. The lowest BCUT2D eigenvalue weighted by Gasteiger charge is -2.34. The molecule has 10 nitrogen and oxygen atoms in total. The Balaban J connectivity index is 1.73. The van der Waals surface area contributed by atoms with E-state index < -0.39 is 5.97 Å². The maximum absolute atomic E-state index is 13.4. The van der Waals surface area contributed by atoms with Crippen LogP contribution in [0.15, 0.2) is 29.1 Å². The van der Waals surface area contributed by atoms with E-state index in [9.17, 15) is 19.5 Å². The third-order valence-corrected chi connectivity index (χ3v) is 7.01. The second kappa shape index (κ2) is 10.4. The molecular weight excluding hydrogens is 496 g/mol. The van der Waals surface area contributed by atoms with Crippen molar-refractivity contribution in [1.29, 1.82) is 0 Å². The molecule has 4 rings (SSSR count). The van der Waals surface area contributed by atoms with E-state index in [-0.39, 0.29) is 34.3 Å². The summed E-state index contributed by atoms with van der Waals surface area (Å²) in [6.45, 7) is 5.01. The molecule has 1 aromatic carbocycles. The van der Waals surface area contributed by atoms with E-state index in [0.29, 0.717) is 48.5 Å². The molecule has 1 saturated heterocycles. The summed E-state index contributed by atoms with van der Waals surface area (Å²) in [6.07, 6.45) is 1.37. The number of aromatic carboxylic acids is 1. The number of hydrogen-bond donors (Lipinski definition) is 2. The fourth-order valence-electron chi connectivity index (χ4n) is 4.87. The number of carbonyl (C=O) groups excluding carboxylic acids is 1. The van der Waals surface area contributed by atoms with Gasteiger partial charge in [-0.1, -0.05) is 17.7 Å². The van der Waals surface area contributed by atoms with Gasteiger partial charge in [0.15, 0.2) is 5.69 Å². The summed E-state index contributed by atoms with van der Waals surface area (Å²) in [5.74, 6) is -0.570. The number of anilines is 2. The zero-order valence-electron chi connectivity index (χ0n) is 21.6. The molecule has 3 heterocycles. The maximum Gasteiger partial charge on any atom is 0.356 e. The molecule has 0 saturated carbocycles. The van der Waals surface area contributed by atoms with Crippen molar-refractivity contribution in [3.63, 3.8) is 0 Å². The number of aryl methyl sites for hydroxylation is 1. The highest BCUT2D eigenvalue weighted by Gasteiger charge is 2.28. The Bertz CT molecular complexity index is 1430. The van der Waals surface area contributed by atoms with E-state index in [4.69, 9.17) is 16.6 Å². The number of carboxylic acid groups (broad SMARTS) is 1. The van der Waals surface area contributed by atoms with Gasteiger partial charge in [-0.2, -0.15) is 0 Å². The molecule has 1 aliphatic heterocycles. The molecule has 0 aliphatic carbocycles. The molecule has 3 aromatic rings. The number of aromatic nitrogens is 3. The van der Waals surface area contributed by atoms with Crippen LogP contribution in [-0.2, 0) is 11.8 Å². The minimum atomic E-state index is -1.20. The molecule has 1 amide bonds. The van der Waals surface area contributed by atoms with Gasteiger partial charge in [-0.15, -0.1) is 0 Å². The van der Waals surface area contributed by atoms with Crippen LogP contribution in [0, 0.1) is 12.8 Å². The lowest BCUT2D eigenvalue weighted by atomic mass is 9.95. The van der Waals surface area contributed by atoms with E-state index in [2.05, 4.69) is 10.3 Å². The summed E-state index contributed by atoms with van der Waals surface area (Å²) in [5, 5.41) is 13.4. The smallest absolute Gasteiger partial charge is 0.356 e. The highest BCUT2D eigenvalue weighted by molar-refractivity contribution is 6.29. The number of benzene rings is 1. The minimum absolute atomic E-state index is 0.0393. The highest BCUT2D eigenvalue weighted by atomic mass is 35.5. The fourth-order valence-corrected chi connectivity index (χ4v) is 5.02. The monoisotopic (exact) mass is 526 g/mol. The average Bonchev–Trinajstić information content (AvgIpc) is 2.86. The summed E-state index contributed by atoms with van der Waals surface area (Å²) in [4.78, 5) is 50.1. The number of pyridine rings is 1. The third-order valence-electron chi connectivity index (χ3n) is 6.80. The van der Waals surface area contributed by atoms with Crippen LogP contribution in [0.5, 0.6) is 0 Å². The van der Waals surface area contributed by atoms with Crippen molar-refractivity contribution in [2.24, 2.45) is 13.0 Å². The van der Waals surface area contributed by atoms with Crippen LogP contribution in [0.4, 0.5) is 11.6 Å². The molecule has 0 spiro atoms. The van der Waals surface area contributed by atoms with Crippen molar-refractivity contribution in [3.8, 4) is 0 Å². The lowest BCUT2D eigenvalue weighted by Crippen LogP contribution is -2.42. The number of nitrogens with zero attached hydrogens (tertiary/aromatic N) is 5. The van der Waals surface area contributed by atoms with Crippen molar-refractivity contribution in [3.05, 3.63) is 56.6 Å².